The van der Waals surface area contributed by atoms with E-state index < -0.39 is 5.97 Å². The molecule has 0 spiro atoms. The third-order valence-electron chi connectivity index (χ3n) is 3.10. The molecule has 2 aromatic rings. The first-order valence-electron chi connectivity index (χ1n) is 7.43. The van der Waals surface area contributed by atoms with Crippen molar-refractivity contribution in [3.8, 4) is 11.5 Å². The molecule has 0 amide bonds. The number of hydrogen-bond donors (Lipinski definition) is 0. The van der Waals surface area contributed by atoms with E-state index in [0.29, 0.717) is 12.0 Å². The Morgan fingerprint density at radius 3 is 2.29 bits per heavy atom. The van der Waals surface area contributed by atoms with Gasteiger partial charge in [-0.25, -0.2) is 4.79 Å². The zero-order chi connectivity index (χ0) is 17.4. The summed E-state index contributed by atoms with van der Waals surface area (Å²) in [5.74, 6) is -0.401. The number of halogens is 2. The van der Waals surface area contributed by atoms with E-state index in [9.17, 15) is 9.59 Å². The molecule has 0 heterocycles. The van der Waals surface area contributed by atoms with Crippen LogP contribution in [0.25, 0.3) is 0 Å². The number of unbranched alkanes of at least 4 members (excludes halogenated alkanes) is 1. The third kappa shape index (κ3) is 5.76. The largest absolute Gasteiger partial charge is 0.423 e. The second-order valence-corrected chi connectivity index (χ2v) is 6.68. The molecule has 0 aliphatic carbocycles. The average Bonchev–Trinajstić information content (AvgIpc) is 2.57. The maximum absolute atomic E-state index is 12.2. The van der Waals surface area contributed by atoms with E-state index in [1.54, 1.807) is 42.5 Å². The van der Waals surface area contributed by atoms with Crippen molar-refractivity contribution in [3.05, 3.63) is 58.6 Å². The minimum Gasteiger partial charge on any atom is -0.423 e. The van der Waals surface area contributed by atoms with Gasteiger partial charge in [0.25, 0.3) is 0 Å². The lowest BCUT2D eigenvalue weighted by molar-refractivity contribution is -0.134. The van der Waals surface area contributed by atoms with Crippen molar-refractivity contribution >= 4 is 43.8 Å². The molecular formula is C18H16Br2O4. The lowest BCUT2D eigenvalue weighted by atomic mass is 10.2. The zero-order valence-corrected chi connectivity index (χ0v) is 16.0. The molecule has 0 atom stereocenters. The van der Waals surface area contributed by atoms with Gasteiger partial charge in [-0.3, -0.25) is 4.79 Å². The van der Waals surface area contributed by atoms with Gasteiger partial charge in [-0.2, -0.15) is 0 Å². The van der Waals surface area contributed by atoms with Crippen molar-refractivity contribution in [1.82, 2.24) is 0 Å². The van der Waals surface area contributed by atoms with Crippen LogP contribution in [-0.4, -0.2) is 17.3 Å². The molecule has 0 aliphatic heterocycles. The van der Waals surface area contributed by atoms with E-state index in [0.717, 1.165) is 22.6 Å². The molecule has 6 heteroatoms. The van der Waals surface area contributed by atoms with Crippen molar-refractivity contribution < 1.29 is 19.1 Å². The van der Waals surface area contributed by atoms with Gasteiger partial charge < -0.3 is 9.47 Å². The summed E-state index contributed by atoms with van der Waals surface area (Å²) in [6, 6.07) is 13.5. The molecule has 0 radical (unpaired) electrons. The minimum atomic E-state index is -0.515. The molecule has 0 bridgehead atoms. The SMILES string of the molecule is O=C(CCCCBr)Oc1ccccc1OC(=O)c1cccc(Br)c1. The lowest BCUT2D eigenvalue weighted by Gasteiger charge is -2.10. The first kappa shape index (κ1) is 18.7. The molecule has 0 aromatic heterocycles. The van der Waals surface area contributed by atoms with Crippen LogP contribution in [0.4, 0.5) is 0 Å². The Bertz CT molecular complexity index is 716. The summed E-state index contributed by atoms with van der Waals surface area (Å²) in [5.41, 5.74) is 0.405. The summed E-state index contributed by atoms with van der Waals surface area (Å²) in [6.45, 7) is 0. The first-order valence-corrected chi connectivity index (χ1v) is 9.35. The average molecular weight is 456 g/mol. The number of para-hydroxylation sites is 2. The Balaban J connectivity index is 2.05. The van der Waals surface area contributed by atoms with Gasteiger partial charge in [0, 0.05) is 16.2 Å². The molecule has 4 nitrogen and oxygen atoms in total. The molecule has 0 unspecified atom stereocenters. The van der Waals surface area contributed by atoms with Crippen LogP contribution in [-0.2, 0) is 4.79 Å². The van der Waals surface area contributed by atoms with Crippen molar-refractivity contribution in [2.24, 2.45) is 0 Å². The number of rotatable bonds is 7. The lowest BCUT2D eigenvalue weighted by Crippen LogP contribution is -2.12. The number of esters is 2. The summed E-state index contributed by atoms with van der Waals surface area (Å²) in [5, 5.41) is 0.848. The van der Waals surface area contributed by atoms with E-state index in [4.69, 9.17) is 9.47 Å². The first-order chi connectivity index (χ1) is 11.6. The summed E-state index contributed by atoms with van der Waals surface area (Å²) < 4.78 is 11.5. The molecule has 2 rings (SSSR count). The highest BCUT2D eigenvalue weighted by molar-refractivity contribution is 9.10. The fraction of sp³-hybridized carbons (Fsp3) is 0.222. The van der Waals surface area contributed by atoms with Crippen LogP contribution in [0.3, 0.4) is 0 Å². The topological polar surface area (TPSA) is 52.6 Å². The van der Waals surface area contributed by atoms with E-state index >= 15 is 0 Å². The fourth-order valence-electron chi connectivity index (χ4n) is 1.93. The van der Waals surface area contributed by atoms with Crippen LogP contribution in [0, 0.1) is 0 Å². The van der Waals surface area contributed by atoms with E-state index in [2.05, 4.69) is 31.9 Å². The second kappa shape index (κ2) is 9.59. The standard InChI is InChI=1S/C18H16Br2O4/c19-11-4-3-10-17(21)23-15-8-1-2-9-16(15)24-18(22)13-6-5-7-14(20)12-13/h1-2,5-9,12H,3-4,10-11H2. The van der Waals surface area contributed by atoms with Gasteiger partial charge in [0.2, 0.25) is 0 Å². The van der Waals surface area contributed by atoms with Crippen LogP contribution < -0.4 is 9.47 Å². The molecule has 0 aliphatic rings. The minimum absolute atomic E-state index is 0.219. The predicted molar refractivity (Wildman–Crippen MR) is 98.8 cm³/mol. The Hall–Kier alpha value is -1.66. The smallest absolute Gasteiger partial charge is 0.343 e. The van der Waals surface area contributed by atoms with Crippen LogP contribution >= 0.6 is 31.9 Å². The maximum Gasteiger partial charge on any atom is 0.343 e. The summed E-state index contributed by atoms with van der Waals surface area (Å²) in [4.78, 5) is 24.1. The molecule has 0 N–H and O–H groups in total. The summed E-state index contributed by atoms with van der Waals surface area (Å²) in [7, 11) is 0. The van der Waals surface area contributed by atoms with Gasteiger partial charge in [0.05, 0.1) is 5.56 Å². The van der Waals surface area contributed by atoms with Gasteiger partial charge in [-0.15, -0.1) is 0 Å². The highest BCUT2D eigenvalue weighted by Crippen LogP contribution is 2.28. The van der Waals surface area contributed by atoms with Crippen LogP contribution in [0.1, 0.15) is 29.6 Å². The maximum atomic E-state index is 12.2. The Labute approximate surface area is 157 Å². The van der Waals surface area contributed by atoms with Crippen LogP contribution in [0.2, 0.25) is 0 Å². The summed E-state index contributed by atoms with van der Waals surface area (Å²) >= 11 is 6.63. The van der Waals surface area contributed by atoms with Gasteiger partial charge in [0.15, 0.2) is 11.5 Å². The second-order valence-electron chi connectivity index (χ2n) is 4.97. The van der Waals surface area contributed by atoms with Crippen molar-refractivity contribution in [1.29, 1.82) is 0 Å². The van der Waals surface area contributed by atoms with Gasteiger partial charge in [-0.05, 0) is 43.2 Å². The highest BCUT2D eigenvalue weighted by Gasteiger charge is 2.14. The highest BCUT2D eigenvalue weighted by atomic mass is 79.9. The molecule has 2 aromatic carbocycles. The molecule has 126 valence electrons. The molecule has 24 heavy (non-hydrogen) atoms. The van der Waals surface area contributed by atoms with E-state index in [1.165, 1.54) is 0 Å². The number of carbonyl (C=O) groups is 2. The van der Waals surface area contributed by atoms with Gasteiger partial charge in [-0.1, -0.05) is 50.1 Å². The Kier molecular flexibility index (Phi) is 7.46. The number of carbonyl (C=O) groups excluding carboxylic acids is 2. The Morgan fingerprint density at radius 1 is 0.917 bits per heavy atom. The predicted octanol–water partition coefficient (Wildman–Crippen LogP) is 5.14. The third-order valence-corrected chi connectivity index (χ3v) is 4.15. The van der Waals surface area contributed by atoms with Crippen LogP contribution in [0.15, 0.2) is 53.0 Å². The quantitative estimate of drug-likeness (QED) is 0.251. The molecule has 0 saturated heterocycles. The zero-order valence-electron chi connectivity index (χ0n) is 12.8. The molecule has 0 fully saturated rings. The number of benzene rings is 2. The van der Waals surface area contributed by atoms with E-state index in [-0.39, 0.29) is 17.5 Å². The monoisotopic (exact) mass is 454 g/mol. The normalized spacial score (nSPS) is 10.2. The van der Waals surface area contributed by atoms with Crippen molar-refractivity contribution in [3.63, 3.8) is 0 Å². The number of hydrogen-bond acceptors (Lipinski definition) is 4. The van der Waals surface area contributed by atoms with Crippen molar-refractivity contribution in [2.75, 3.05) is 5.33 Å². The Morgan fingerprint density at radius 2 is 1.62 bits per heavy atom. The fourth-order valence-corrected chi connectivity index (χ4v) is 2.73. The van der Waals surface area contributed by atoms with Gasteiger partial charge in [0.1, 0.15) is 0 Å². The van der Waals surface area contributed by atoms with Crippen LogP contribution in [0.5, 0.6) is 11.5 Å². The van der Waals surface area contributed by atoms with Crippen molar-refractivity contribution in [2.45, 2.75) is 19.3 Å². The van der Waals surface area contributed by atoms with E-state index in [1.807, 2.05) is 6.07 Å². The molecule has 0 saturated carbocycles. The summed E-state index contributed by atoms with van der Waals surface area (Å²) in [6.07, 6.45) is 1.96. The molecular weight excluding hydrogens is 440 g/mol. The number of ether oxygens (including phenoxy) is 2. The van der Waals surface area contributed by atoms with Gasteiger partial charge >= 0.3 is 11.9 Å². The number of alkyl halides is 1.